The molecule has 2 rings (SSSR count). The van der Waals surface area contributed by atoms with Gasteiger partial charge in [-0.25, -0.2) is 4.98 Å². The van der Waals surface area contributed by atoms with E-state index in [2.05, 4.69) is 16.4 Å². The Balaban J connectivity index is 1.88. The molecule has 1 aromatic carbocycles. The van der Waals surface area contributed by atoms with Gasteiger partial charge < -0.3 is 14.8 Å². The van der Waals surface area contributed by atoms with Crippen LogP contribution < -0.4 is 5.32 Å². The fraction of sp³-hybridized carbons (Fsp3) is 0.400. The molecule has 0 saturated carbocycles. The van der Waals surface area contributed by atoms with Crippen LogP contribution in [0.4, 0.5) is 0 Å². The molecule has 0 bridgehead atoms. The fourth-order valence-electron chi connectivity index (χ4n) is 2.12. The van der Waals surface area contributed by atoms with Crippen LogP contribution in [0.3, 0.4) is 0 Å². The third-order valence-electron chi connectivity index (χ3n) is 2.91. The molecule has 102 valence electrons. The average Bonchev–Trinajstić information content (AvgIpc) is 2.73. The van der Waals surface area contributed by atoms with E-state index in [1.54, 1.807) is 6.20 Å². The van der Waals surface area contributed by atoms with E-state index < -0.39 is 6.10 Å². The highest BCUT2D eigenvalue weighted by atomic mass is 16.4. The van der Waals surface area contributed by atoms with Crippen LogP contribution in [0.15, 0.2) is 28.8 Å². The lowest BCUT2D eigenvalue weighted by Gasteiger charge is -2.13. The number of benzene rings is 1. The summed E-state index contributed by atoms with van der Waals surface area (Å²) in [5, 5.41) is 13.3. The van der Waals surface area contributed by atoms with Crippen molar-refractivity contribution < 1.29 is 9.52 Å². The second-order valence-electron chi connectivity index (χ2n) is 4.93. The molecule has 1 heterocycles. The van der Waals surface area contributed by atoms with Gasteiger partial charge in [0.25, 0.3) is 0 Å². The van der Waals surface area contributed by atoms with Gasteiger partial charge >= 0.3 is 0 Å². The van der Waals surface area contributed by atoms with Crippen LogP contribution in [0.1, 0.15) is 34.4 Å². The van der Waals surface area contributed by atoms with E-state index in [1.165, 1.54) is 0 Å². The Labute approximate surface area is 113 Å². The van der Waals surface area contributed by atoms with Gasteiger partial charge in [-0.15, -0.1) is 0 Å². The van der Waals surface area contributed by atoms with Crippen molar-refractivity contribution in [2.24, 2.45) is 0 Å². The minimum absolute atomic E-state index is 0.477. The Bertz CT molecular complexity index is 529. The zero-order valence-electron chi connectivity index (χ0n) is 11.6. The number of aromatic nitrogens is 1. The zero-order chi connectivity index (χ0) is 13.8. The number of nitrogens with one attached hydrogen (secondary N) is 1. The van der Waals surface area contributed by atoms with Crippen LogP contribution in [0, 0.1) is 20.8 Å². The Hall–Kier alpha value is -1.65. The third-order valence-corrected chi connectivity index (χ3v) is 2.91. The predicted octanol–water partition coefficient (Wildman–Crippen LogP) is 2.42. The molecule has 4 nitrogen and oxygen atoms in total. The lowest BCUT2D eigenvalue weighted by Crippen LogP contribution is -2.21. The van der Waals surface area contributed by atoms with Crippen LogP contribution in [-0.2, 0) is 6.54 Å². The largest absolute Gasteiger partial charge is 0.445 e. The summed E-state index contributed by atoms with van der Waals surface area (Å²) in [5.41, 5.74) is 3.27. The van der Waals surface area contributed by atoms with Crippen LogP contribution in [0.25, 0.3) is 0 Å². The van der Waals surface area contributed by atoms with E-state index in [4.69, 9.17) is 4.42 Å². The maximum absolute atomic E-state index is 10.1. The molecule has 0 aliphatic carbocycles. The minimum Gasteiger partial charge on any atom is -0.445 e. The normalized spacial score (nSPS) is 12.6. The quantitative estimate of drug-likeness (QED) is 0.867. The number of hydrogen-bond acceptors (Lipinski definition) is 4. The molecule has 0 fully saturated rings. The molecule has 1 aromatic heterocycles. The van der Waals surface area contributed by atoms with Crippen LogP contribution in [0.2, 0.25) is 0 Å². The molecule has 4 heteroatoms. The number of hydrogen-bond donors (Lipinski definition) is 2. The Morgan fingerprint density at radius 1 is 1.21 bits per heavy atom. The first-order valence-corrected chi connectivity index (χ1v) is 6.43. The summed E-state index contributed by atoms with van der Waals surface area (Å²) >= 11 is 0. The van der Waals surface area contributed by atoms with Gasteiger partial charge in [-0.2, -0.15) is 0 Å². The summed E-state index contributed by atoms with van der Waals surface area (Å²) in [6.07, 6.45) is 1.17. The summed E-state index contributed by atoms with van der Waals surface area (Å²) in [6, 6.07) is 6.11. The van der Waals surface area contributed by atoms with Crippen molar-refractivity contribution in [1.82, 2.24) is 10.3 Å². The van der Waals surface area contributed by atoms with Crippen molar-refractivity contribution in [3.63, 3.8) is 0 Å². The number of aliphatic hydroxyl groups is 1. The number of aryl methyl sites for hydroxylation is 3. The van der Waals surface area contributed by atoms with Gasteiger partial charge in [-0.3, -0.25) is 0 Å². The number of aliphatic hydroxyl groups excluding tert-OH is 1. The monoisotopic (exact) mass is 260 g/mol. The summed E-state index contributed by atoms with van der Waals surface area (Å²) in [5.74, 6) is 1.44. The number of oxazole rings is 1. The molecule has 0 spiro atoms. The summed E-state index contributed by atoms with van der Waals surface area (Å²) < 4.78 is 5.35. The van der Waals surface area contributed by atoms with Gasteiger partial charge in [-0.05, 0) is 26.3 Å². The molecular formula is C15H20N2O2. The highest BCUT2D eigenvalue weighted by Gasteiger charge is 2.09. The maximum Gasteiger partial charge on any atom is 0.208 e. The van der Waals surface area contributed by atoms with E-state index in [1.807, 2.05) is 32.9 Å². The molecule has 1 atom stereocenters. The molecule has 0 saturated heterocycles. The fourth-order valence-corrected chi connectivity index (χ4v) is 2.12. The van der Waals surface area contributed by atoms with Gasteiger partial charge in [0.1, 0.15) is 5.76 Å². The number of nitrogens with zero attached hydrogens (tertiary/aromatic N) is 1. The molecule has 2 N–H and O–H groups in total. The van der Waals surface area contributed by atoms with E-state index in [9.17, 15) is 5.11 Å². The van der Waals surface area contributed by atoms with E-state index in [0.717, 1.165) is 22.5 Å². The highest BCUT2D eigenvalue weighted by molar-refractivity contribution is 5.30. The van der Waals surface area contributed by atoms with Crippen molar-refractivity contribution in [3.8, 4) is 0 Å². The summed E-state index contributed by atoms with van der Waals surface area (Å²) in [7, 11) is 0. The van der Waals surface area contributed by atoms with Crippen LogP contribution in [0.5, 0.6) is 0 Å². The van der Waals surface area contributed by atoms with Crippen LogP contribution >= 0.6 is 0 Å². The molecule has 1 unspecified atom stereocenters. The van der Waals surface area contributed by atoms with Gasteiger partial charge in [0.2, 0.25) is 5.89 Å². The standard InChI is InChI=1S/C15H20N2O2/c1-10-4-11(2)6-13(5-10)14(18)8-16-9-15-17-7-12(3)19-15/h4-7,14,16,18H,8-9H2,1-3H3. The maximum atomic E-state index is 10.1. The van der Waals surface area contributed by atoms with Gasteiger partial charge in [0.05, 0.1) is 18.8 Å². The average molecular weight is 260 g/mol. The lowest BCUT2D eigenvalue weighted by atomic mass is 10.0. The Kier molecular flexibility index (Phi) is 4.35. The molecular weight excluding hydrogens is 240 g/mol. The van der Waals surface area contributed by atoms with Gasteiger partial charge in [-0.1, -0.05) is 29.3 Å². The van der Waals surface area contributed by atoms with E-state index in [0.29, 0.717) is 19.0 Å². The number of rotatable bonds is 5. The van der Waals surface area contributed by atoms with Crippen molar-refractivity contribution in [2.75, 3.05) is 6.54 Å². The first-order chi connectivity index (χ1) is 9.04. The topological polar surface area (TPSA) is 58.3 Å². The second-order valence-corrected chi connectivity index (χ2v) is 4.93. The molecule has 19 heavy (non-hydrogen) atoms. The first-order valence-electron chi connectivity index (χ1n) is 6.43. The summed E-state index contributed by atoms with van der Waals surface area (Å²) in [6.45, 7) is 6.93. The third kappa shape index (κ3) is 3.91. The lowest BCUT2D eigenvalue weighted by molar-refractivity contribution is 0.173. The SMILES string of the molecule is Cc1cc(C)cc(C(O)CNCc2ncc(C)o2)c1. The molecule has 0 amide bonds. The summed E-state index contributed by atoms with van der Waals surface area (Å²) in [4.78, 5) is 4.10. The van der Waals surface area contributed by atoms with Crippen molar-refractivity contribution in [1.29, 1.82) is 0 Å². The molecule has 0 radical (unpaired) electrons. The second kappa shape index (κ2) is 5.99. The molecule has 0 aliphatic heterocycles. The molecule has 2 aromatic rings. The van der Waals surface area contributed by atoms with E-state index in [-0.39, 0.29) is 0 Å². The highest BCUT2D eigenvalue weighted by Crippen LogP contribution is 2.16. The predicted molar refractivity (Wildman–Crippen MR) is 73.8 cm³/mol. The minimum atomic E-state index is -0.519. The zero-order valence-corrected chi connectivity index (χ0v) is 11.6. The smallest absolute Gasteiger partial charge is 0.208 e. The first kappa shape index (κ1) is 13.8. The Morgan fingerprint density at radius 3 is 2.47 bits per heavy atom. The van der Waals surface area contributed by atoms with Crippen molar-refractivity contribution >= 4 is 0 Å². The van der Waals surface area contributed by atoms with Crippen molar-refractivity contribution in [2.45, 2.75) is 33.4 Å². The van der Waals surface area contributed by atoms with E-state index >= 15 is 0 Å². The van der Waals surface area contributed by atoms with Crippen LogP contribution in [-0.4, -0.2) is 16.6 Å². The van der Waals surface area contributed by atoms with Gasteiger partial charge in [0.15, 0.2) is 0 Å². The van der Waals surface area contributed by atoms with Crippen molar-refractivity contribution in [3.05, 3.63) is 52.7 Å². The van der Waals surface area contributed by atoms with Gasteiger partial charge in [0, 0.05) is 6.54 Å². The Morgan fingerprint density at radius 2 is 1.89 bits per heavy atom. The molecule has 0 aliphatic rings.